The molecular weight excluding hydrogens is 270 g/mol. The van der Waals surface area contributed by atoms with Gasteiger partial charge in [0, 0.05) is 25.8 Å². The predicted molar refractivity (Wildman–Crippen MR) is 84.5 cm³/mol. The molecule has 0 aliphatic heterocycles. The third-order valence-electron chi connectivity index (χ3n) is 3.02. The van der Waals surface area contributed by atoms with Crippen molar-refractivity contribution in [1.29, 1.82) is 0 Å². The average molecular weight is 295 g/mol. The zero-order valence-corrected chi connectivity index (χ0v) is 13.5. The van der Waals surface area contributed by atoms with Crippen molar-refractivity contribution >= 4 is 6.08 Å². The second kappa shape index (κ2) is 9.26. The van der Waals surface area contributed by atoms with Gasteiger partial charge in [0.2, 0.25) is 5.75 Å². The van der Waals surface area contributed by atoms with Crippen molar-refractivity contribution in [2.75, 3.05) is 48.1 Å². The Hall–Kier alpha value is -1.72. The summed E-state index contributed by atoms with van der Waals surface area (Å²) in [5, 5.41) is 3.30. The van der Waals surface area contributed by atoms with Gasteiger partial charge in [-0.3, -0.25) is 0 Å². The van der Waals surface area contributed by atoms with Gasteiger partial charge in [0.05, 0.1) is 27.9 Å². The second-order valence-electron chi connectivity index (χ2n) is 4.58. The maximum atomic E-state index is 5.46. The molecule has 0 saturated carbocycles. The van der Waals surface area contributed by atoms with Crippen molar-refractivity contribution in [3.63, 3.8) is 0 Å². The van der Waals surface area contributed by atoms with Gasteiger partial charge >= 0.3 is 0 Å². The molecule has 0 atom stereocenters. The van der Waals surface area contributed by atoms with Crippen LogP contribution in [0.3, 0.4) is 0 Å². The second-order valence-corrected chi connectivity index (χ2v) is 4.58. The highest BCUT2D eigenvalue weighted by atomic mass is 16.5. The molecule has 0 aromatic heterocycles. The molecule has 0 amide bonds. The van der Waals surface area contributed by atoms with Crippen LogP contribution in [0.1, 0.15) is 12.5 Å². The van der Waals surface area contributed by atoms with Crippen LogP contribution >= 0.6 is 0 Å². The Kier molecular flexibility index (Phi) is 7.64. The lowest BCUT2D eigenvalue weighted by Gasteiger charge is -2.14. The van der Waals surface area contributed by atoms with Crippen molar-refractivity contribution < 1.29 is 18.9 Å². The summed E-state index contributed by atoms with van der Waals surface area (Å²) in [6, 6.07) is 3.83. The van der Waals surface area contributed by atoms with Crippen molar-refractivity contribution in [3.05, 3.63) is 23.3 Å². The van der Waals surface area contributed by atoms with E-state index < -0.39 is 0 Å². The topological polar surface area (TPSA) is 49.0 Å². The maximum Gasteiger partial charge on any atom is 0.203 e. The maximum absolute atomic E-state index is 5.46. The minimum absolute atomic E-state index is 0.605. The molecular formula is C16H25NO4. The largest absolute Gasteiger partial charge is 0.493 e. The summed E-state index contributed by atoms with van der Waals surface area (Å²) in [4.78, 5) is 0. The highest BCUT2D eigenvalue weighted by molar-refractivity contribution is 5.67. The summed E-state index contributed by atoms with van der Waals surface area (Å²) in [7, 11) is 6.53. The van der Waals surface area contributed by atoms with Gasteiger partial charge in [0.1, 0.15) is 0 Å². The van der Waals surface area contributed by atoms with E-state index in [0.29, 0.717) is 23.9 Å². The fourth-order valence-corrected chi connectivity index (χ4v) is 2.01. The summed E-state index contributed by atoms with van der Waals surface area (Å²) in [5.41, 5.74) is 2.15. The van der Waals surface area contributed by atoms with E-state index in [1.807, 2.05) is 12.1 Å². The Morgan fingerprint density at radius 3 is 2.33 bits per heavy atom. The normalized spacial score (nSPS) is 11.4. The quantitative estimate of drug-likeness (QED) is 0.709. The lowest BCUT2D eigenvalue weighted by atomic mass is 10.1. The first-order valence-electron chi connectivity index (χ1n) is 6.83. The SMILES string of the molecule is COCCNCC(C)=Cc1ccc(OC)c(OC)c1OC. The molecule has 21 heavy (non-hydrogen) atoms. The van der Waals surface area contributed by atoms with Gasteiger partial charge in [-0.2, -0.15) is 0 Å². The Labute approximate surface area is 126 Å². The van der Waals surface area contributed by atoms with Crippen LogP contribution < -0.4 is 19.5 Å². The van der Waals surface area contributed by atoms with E-state index in [9.17, 15) is 0 Å². The van der Waals surface area contributed by atoms with Gasteiger partial charge < -0.3 is 24.3 Å². The van der Waals surface area contributed by atoms with Gasteiger partial charge in [-0.1, -0.05) is 11.6 Å². The standard InChI is InChI=1S/C16H25NO4/c1-12(11-17-8-9-18-2)10-13-6-7-14(19-3)16(21-5)15(13)20-4/h6-7,10,17H,8-9,11H2,1-5H3. The molecule has 1 aromatic carbocycles. The Morgan fingerprint density at radius 1 is 1.05 bits per heavy atom. The molecule has 0 bridgehead atoms. The molecule has 1 N–H and O–H groups in total. The van der Waals surface area contributed by atoms with Crippen LogP contribution in [-0.4, -0.2) is 48.1 Å². The van der Waals surface area contributed by atoms with Crippen molar-refractivity contribution in [1.82, 2.24) is 5.32 Å². The number of hydrogen-bond acceptors (Lipinski definition) is 5. The molecule has 0 unspecified atom stereocenters. The third-order valence-corrected chi connectivity index (χ3v) is 3.02. The third kappa shape index (κ3) is 4.95. The zero-order chi connectivity index (χ0) is 15.7. The van der Waals surface area contributed by atoms with Crippen molar-refractivity contribution in [2.24, 2.45) is 0 Å². The van der Waals surface area contributed by atoms with Crippen LogP contribution in [0.4, 0.5) is 0 Å². The average Bonchev–Trinajstić information content (AvgIpc) is 2.50. The highest BCUT2D eigenvalue weighted by Gasteiger charge is 2.14. The van der Waals surface area contributed by atoms with E-state index in [1.54, 1.807) is 28.4 Å². The van der Waals surface area contributed by atoms with E-state index in [-0.39, 0.29) is 0 Å². The molecule has 0 aliphatic carbocycles. The van der Waals surface area contributed by atoms with Crippen LogP contribution in [0.2, 0.25) is 0 Å². The molecule has 0 aliphatic rings. The molecule has 1 rings (SSSR count). The smallest absolute Gasteiger partial charge is 0.203 e. The number of hydrogen-bond donors (Lipinski definition) is 1. The minimum Gasteiger partial charge on any atom is -0.493 e. The Bertz CT molecular complexity index is 472. The number of nitrogens with one attached hydrogen (secondary N) is 1. The number of ether oxygens (including phenoxy) is 4. The molecule has 5 nitrogen and oxygen atoms in total. The first kappa shape index (κ1) is 17.3. The molecule has 0 spiro atoms. The minimum atomic E-state index is 0.605. The molecule has 0 heterocycles. The predicted octanol–water partition coefficient (Wildman–Crippen LogP) is 2.35. The highest BCUT2D eigenvalue weighted by Crippen LogP contribution is 2.40. The fraction of sp³-hybridized carbons (Fsp3) is 0.500. The monoisotopic (exact) mass is 295 g/mol. The lowest BCUT2D eigenvalue weighted by Crippen LogP contribution is -2.20. The van der Waals surface area contributed by atoms with Crippen molar-refractivity contribution in [2.45, 2.75) is 6.92 Å². The number of methoxy groups -OCH3 is 4. The van der Waals surface area contributed by atoms with Crippen LogP contribution in [0.25, 0.3) is 6.08 Å². The number of rotatable bonds is 9. The molecule has 118 valence electrons. The first-order valence-corrected chi connectivity index (χ1v) is 6.83. The summed E-state index contributed by atoms with van der Waals surface area (Å²) in [6.45, 7) is 4.38. The summed E-state index contributed by atoms with van der Waals surface area (Å²) >= 11 is 0. The molecule has 1 aromatic rings. The van der Waals surface area contributed by atoms with Crippen LogP contribution in [0.15, 0.2) is 17.7 Å². The van der Waals surface area contributed by atoms with Crippen LogP contribution in [0, 0.1) is 0 Å². The first-order chi connectivity index (χ1) is 10.2. The number of benzene rings is 1. The van der Waals surface area contributed by atoms with Crippen LogP contribution in [-0.2, 0) is 4.74 Å². The molecule has 0 radical (unpaired) electrons. The summed E-state index contributed by atoms with van der Waals surface area (Å²) < 4.78 is 21.1. The van der Waals surface area contributed by atoms with Gasteiger partial charge in [-0.25, -0.2) is 0 Å². The van der Waals surface area contributed by atoms with E-state index >= 15 is 0 Å². The Balaban J connectivity index is 2.91. The summed E-state index contributed by atoms with van der Waals surface area (Å²) in [5.74, 6) is 1.93. The van der Waals surface area contributed by atoms with Crippen LogP contribution in [0.5, 0.6) is 17.2 Å². The van der Waals surface area contributed by atoms with Crippen molar-refractivity contribution in [3.8, 4) is 17.2 Å². The van der Waals surface area contributed by atoms with Gasteiger partial charge in [-0.05, 0) is 19.1 Å². The molecule has 0 fully saturated rings. The summed E-state index contributed by atoms with van der Waals surface area (Å²) in [6.07, 6.45) is 2.07. The van der Waals surface area contributed by atoms with Gasteiger partial charge in [0.25, 0.3) is 0 Å². The Morgan fingerprint density at radius 2 is 1.76 bits per heavy atom. The van der Waals surface area contributed by atoms with Gasteiger partial charge in [0.15, 0.2) is 11.5 Å². The molecule has 5 heteroatoms. The van der Waals surface area contributed by atoms with E-state index in [4.69, 9.17) is 18.9 Å². The lowest BCUT2D eigenvalue weighted by molar-refractivity contribution is 0.200. The van der Waals surface area contributed by atoms with E-state index in [1.165, 1.54) is 5.57 Å². The fourth-order valence-electron chi connectivity index (χ4n) is 2.01. The zero-order valence-electron chi connectivity index (χ0n) is 13.5. The van der Waals surface area contributed by atoms with E-state index in [0.717, 1.165) is 18.7 Å². The van der Waals surface area contributed by atoms with Gasteiger partial charge in [-0.15, -0.1) is 0 Å². The molecule has 0 saturated heterocycles. The van der Waals surface area contributed by atoms with E-state index in [2.05, 4.69) is 18.3 Å².